The summed E-state index contributed by atoms with van der Waals surface area (Å²) in [5.41, 5.74) is 10.8. The first kappa shape index (κ1) is 9.90. The highest BCUT2D eigenvalue weighted by molar-refractivity contribution is 9.10. The second kappa shape index (κ2) is 3.63. The SMILES string of the molecule is Nc1cc(-c2cc(Br)cc3c2CCC3)[nH]n1. The van der Waals surface area contributed by atoms with Gasteiger partial charge in [-0.3, -0.25) is 5.10 Å². The third kappa shape index (κ3) is 1.53. The molecule has 0 bridgehead atoms. The number of rotatable bonds is 1. The van der Waals surface area contributed by atoms with Crippen molar-refractivity contribution in [2.24, 2.45) is 0 Å². The summed E-state index contributed by atoms with van der Waals surface area (Å²) in [6.07, 6.45) is 3.56. The first-order valence-electron chi connectivity index (χ1n) is 5.36. The molecular weight excluding hydrogens is 266 g/mol. The van der Waals surface area contributed by atoms with Gasteiger partial charge >= 0.3 is 0 Å². The van der Waals surface area contributed by atoms with Gasteiger partial charge in [0, 0.05) is 16.1 Å². The smallest absolute Gasteiger partial charge is 0.145 e. The molecule has 1 aliphatic carbocycles. The molecule has 16 heavy (non-hydrogen) atoms. The van der Waals surface area contributed by atoms with E-state index in [4.69, 9.17) is 5.73 Å². The molecule has 0 spiro atoms. The molecule has 3 nitrogen and oxygen atoms in total. The fraction of sp³-hybridized carbons (Fsp3) is 0.250. The fourth-order valence-corrected chi connectivity index (χ4v) is 2.89. The Labute approximate surface area is 102 Å². The number of nitrogen functional groups attached to an aromatic ring is 1. The summed E-state index contributed by atoms with van der Waals surface area (Å²) in [5, 5.41) is 6.97. The minimum absolute atomic E-state index is 0.543. The van der Waals surface area contributed by atoms with Gasteiger partial charge in [-0.05, 0) is 42.5 Å². The van der Waals surface area contributed by atoms with Crippen molar-refractivity contribution >= 4 is 21.7 Å². The Morgan fingerprint density at radius 1 is 1.25 bits per heavy atom. The molecule has 0 unspecified atom stereocenters. The van der Waals surface area contributed by atoms with Crippen LogP contribution in [0.5, 0.6) is 0 Å². The Balaban J connectivity index is 2.20. The van der Waals surface area contributed by atoms with E-state index in [1.54, 1.807) is 0 Å². The molecule has 0 radical (unpaired) electrons. The number of hydrogen-bond acceptors (Lipinski definition) is 2. The van der Waals surface area contributed by atoms with Crippen molar-refractivity contribution in [1.29, 1.82) is 0 Å². The first-order valence-corrected chi connectivity index (χ1v) is 6.16. The average molecular weight is 278 g/mol. The summed E-state index contributed by atoms with van der Waals surface area (Å²) in [7, 11) is 0. The van der Waals surface area contributed by atoms with Crippen LogP contribution in [0.25, 0.3) is 11.3 Å². The van der Waals surface area contributed by atoms with Gasteiger partial charge in [0.1, 0.15) is 5.82 Å². The Hall–Kier alpha value is -1.29. The Bertz CT molecular complexity index is 545. The van der Waals surface area contributed by atoms with E-state index < -0.39 is 0 Å². The standard InChI is InChI=1S/C12H12BrN3/c13-8-4-7-2-1-3-9(7)10(5-8)11-6-12(14)16-15-11/h4-6H,1-3H2,(H3,14,15,16). The van der Waals surface area contributed by atoms with E-state index in [1.807, 2.05) is 6.07 Å². The van der Waals surface area contributed by atoms with E-state index in [1.165, 1.54) is 29.5 Å². The predicted molar refractivity (Wildman–Crippen MR) is 68.2 cm³/mol. The number of nitrogens with zero attached hydrogens (tertiary/aromatic N) is 1. The predicted octanol–water partition coefficient (Wildman–Crippen LogP) is 2.91. The lowest BCUT2D eigenvalue weighted by atomic mass is 10.0. The van der Waals surface area contributed by atoms with E-state index in [9.17, 15) is 0 Å². The molecule has 0 amide bonds. The number of fused-ring (bicyclic) bond motifs is 1. The molecule has 1 aromatic heterocycles. The van der Waals surface area contributed by atoms with Crippen LogP contribution in [-0.4, -0.2) is 10.2 Å². The number of nitrogens with one attached hydrogen (secondary N) is 1. The van der Waals surface area contributed by atoms with Crippen LogP contribution in [0.2, 0.25) is 0 Å². The van der Waals surface area contributed by atoms with Crippen LogP contribution in [0.1, 0.15) is 17.5 Å². The number of aromatic nitrogens is 2. The number of anilines is 1. The molecular formula is C12H12BrN3. The number of aryl methyl sites for hydroxylation is 1. The van der Waals surface area contributed by atoms with Crippen molar-refractivity contribution < 1.29 is 0 Å². The van der Waals surface area contributed by atoms with Crippen molar-refractivity contribution in [2.75, 3.05) is 5.73 Å². The van der Waals surface area contributed by atoms with Crippen molar-refractivity contribution in [1.82, 2.24) is 10.2 Å². The van der Waals surface area contributed by atoms with Crippen molar-refractivity contribution in [3.05, 3.63) is 33.8 Å². The summed E-state index contributed by atoms with van der Waals surface area (Å²) in [4.78, 5) is 0. The third-order valence-corrected chi connectivity index (χ3v) is 3.53. The van der Waals surface area contributed by atoms with E-state index in [0.717, 1.165) is 16.6 Å². The normalized spacial score (nSPS) is 14.1. The molecule has 3 N–H and O–H groups in total. The van der Waals surface area contributed by atoms with Gasteiger partial charge in [0.2, 0.25) is 0 Å². The maximum Gasteiger partial charge on any atom is 0.145 e. The Morgan fingerprint density at radius 2 is 2.12 bits per heavy atom. The Morgan fingerprint density at radius 3 is 2.88 bits per heavy atom. The van der Waals surface area contributed by atoms with Crippen LogP contribution < -0.4 is 5.73 Å². The third-order valence-electron chi connectivity index (χ3n) is 3.07. The van der Waals surface area contributed by atoms with Crippen LogP contribution >= 0.6 is 15.9 Å². The summed E-state index contributed by atoms with van der Waals surface area (Å²) in [5.74, 6) is 0.543. The molecule has 0 saturated carbocycles. The van der Waals surface area contributed by atoms with E-state index in [2.05, 4.69) is 38.3 Å². The summed E-state index contributed by atoms with van der Waals surface area (Å²) < 4.78 is 1.12. The van der Waals surface area contributed by atoms with Gasteiger partial charge < -0.3 is 5.73 Å². The van der Waals surface area contributed by atoms with Crippen molar-refractivity contribution in [2.45, 2.75) is 19.3 Å². The van der Waals surface area contributed by atoms with Gasteiger partial charge in [-0.2, -0.15) is 5.10 Å². The first-order chi connectivity index (χ1) is 7.74. The van der Waals surface area contributed by atoms with E-state index in [-0.39, 0.29) is 0 Å². The molecule has 4 heteroatoms. The number of H-pyrrole nitrogens is 1. The summed E-state index contributed by atoms with van der Waals surface area (Å²) in [6.45, 7) is 0. The highest BCUT2D eigenvalue weighted by Gasteiger charge is 2.17. The number of hydrogen-bond donors (Lipinski definition) is 2. The zero-order valence-electron chi connectivity index (χ0n) is 8.76. The molecule has 82 valence electrons. The maximum absolute atomic E-state index is 5.65. The minimum Gasteiger partial charge on any atom is -0.382 e. The van der Waals surface area contributed by atoms with Gasteiger partial charge in [-0.1, -0.05) is 15.9 Å². The lowest BCUT2D eigenvalue weighted by Gasteiger charge is -2.07. The summed E-state index contributed by atoms with van der Waals surface area (Å²) >= 11 is 3.55. The molecule has 1 aliphatic rings. The lowest BCUT2D eigenvalue weighted by molar-refractivity contribution is 0.911. The van der Waals surface area contributed by atoms with Gasteiger partial charge in [-0.25, -0.2) is 0 Å². The quantitative estimate of drug-likeness (QED) is 0.842. The average Bonchev–Trinajstić information content (AvgIpc) is 2.84. The number of nitrogens with two attached hydrogens (primary N) is 1. The zero-order chi connectivity index (χ0) is 11.1. The number of aromatic amines is 1. The number of benzene rings is 1. The highest BCUT2D eigenvalue weighted by Crippen LogP contribution is 2.34. The molecule has 1 aromatic carbocycles. The van der Waals surface area contributed by atoms with Gasteiger partial charge in [-0.15, -0.1) is 0 Å². The second-order valence-electron chi connectivity index (χ2n) is 4.15. The molecule has 1 heterocycles. The molecule has 0 fully saturated rings. The van der Waals surface area contributed by atoms with Gasteiger partial charge in [0.25, 0.3) is 0 Å². The zero-order valence-corrected chi connectivity index (χ0v) is 10.3. The van der Waals surface area contributed by atoms with Crippen LogP contribution in [-0.2, 0) is 12.8 Å². The number of halogens is 1. The monoisotopic (exact) mass is 277 g/mol. The summed E-state index contributed by atoms with van der Waals surface area (Å²) in [6, 6.07) is 6.24. The van der Waals surface area contributed by atoms with Gasteiger partial charge in [0.15, 0.2) is 0 Å². The van der Waals surface area contributed by atoms with E-state index in [0.29, 0.717) is 5.82 Å². The van der Waals surface area contributed by atoms with E-state index >= 15 is 0 Å². The van der Waals surface area contributed by atoms with Gasteiger partial charge in [0.05, 0.1) is 5.69 Å². The topological polar surface area (TPSA) is 54.7 Å². The van der Waals surface area contributed by atoms with Crippen LogP contribution in [0.3, 0.4) is 0 Å². The van der Waals surface area contributed by atoms with Crippen LogP contribution in [0, 0.1) is 0 Å². The molecule has 0 aliphatic heterocycles. The fourth-order valence-electron chi connectivity index (χ4n) is 2.38. The van der Waals surface area contributed by atoms with Crippen LogP contribution in [0.4, 0.5) is 5.82 Å². The lowest BCUT2D eigenvalue weighted by Crippen LogP contribution is -1.89. The minimum atomic E-state index is 0.543. The van der Waals surface area contributed by atoms with Crippen LogP contribution in [0.15, 0.2) is 22.7 Å². The molecule has 0 saturated heterocycles. The highest BCUT2D eigenvalue weighted by atomic mass is 79.9. The largest absolute Gasteiger partial charge is 0.382 e. The van der Waals surface area contributed by atoms with Crippen molar-refractivity contribution in [3.63, 3.8) is 0 Å². The Kier molecular flexibility index (Phi) is 2.24. The molecule has 0 atom stereocenters. The molecule has 3 rings (SSSR count). The van der Waals surface area contributed by atoms with Crippen molar-refractivity contribution in [3.8, 4) is 11.3 Å². The molecule has 2 aromatic rings. The second-order valence-corrected chi connectivity index (χ2v) is 5.07. The maximum atomic E-state index is 5.65.